The van der Waals surface area contributed by atoms with Crippen LogP contribution >= 0.6 is 11.6 Å². The Kier molecular flexibility index (Phi) is 5.75. The maximum Gasteiger partial charge on any atom is 0.116 e. The summed E-state index contributed by atoms with van der Waals surface area (Å²) in [6, 6.07) is 5.03. The van der Waals surface area contributed by atoms with Crippen molar-refractivity contribution >= 4 is 11.6 Å². The minimum absolute atomic E-state index is 0.186. The average molecular weight is 258 g/mol. The highest BCUT2D eigenvalue weighted by Crippen LogP contribution is 2.22. The van der Waals surface area contributed by atoms with Gasteiger partial charge in [-0.05, 0) is 37.2 Å². The summed E-state index contributed by atoms with van der Waals surface area (Å²) in [5, 5.41) is 10.1. The van der Waals surface area contributed by atoms with Gasteiger partial charge in [-0.15, -0.1) is 0 Å². The molecule has 0 aliphatic rings. The molecule has 17 heavy (non-hydrogen) atoms. The molecule has 0 aliphatic carbocycles. The first kappa shape index (κ1) is 14.3. The first-order valence-corrected chi connectivity index (χ1v) is 6.17. The maximum absolute atomic E-state index is 9.45. The number of ether oxygens (including phenoxy) is 1. The largest absolute Gasteiger partial charge is 0.508 e. The number of benzene rings is 1. The molecule has 0 saturated heterocycles. The highest BCUT2D eigenvalue weighted by atomic mass is 35.5. The van der Waals surface area contributed by atoms with Crippen LogP contribution in [-0.4, -0.2) is 36.3 Å². The summed E-state index contributed by atoms with van der Waals surface area (Å²) in [6.07, 6.45) is 0.186. The van der Waals surface area contributed by atoms with E-state index in [1.54, 1.807) is 25.3 Å². The van der Waals surface area contributed by atoms with Crippen LogP contribution in [0.2, 0.25) is 5.02 Å². The summed E-state index contributed by atoms with van der Waals surface area (Å²) >= 11 is 6.10. The van der Waals surface area contributed by atoms with E-state index in [1.165, 1.54) is 0 Å². The third-order valence-corrected chi connectivity index (χ3v) is 3.16. The van der Waals surface area contributed by atoms with Gasteiger partial charge in [0, 0.05) is 25.2 Å². The van der Waals surface area contributed by atoms with Crippen LogP contribution in [0.3, 0.4) is 0 Å². The van der Waals surface area contributed by atoms with Gasteiger partial charge in [0.15, 0.2) is 0 Å². The normalized spacial score (nSPS) is 13.0. The van der Waals surface area contributed by atoms with Crippen molar-refractivity contribution in [3.05, 3.63) is 28.8 Å². The highest BCUT2D eigenvalue weighted by Gasteiger charge is 2.11. The molecule has 1 N–H and O–H groups in total. The molecule has 1 aromatic carbocycles. The van der Waals surface area contributed by atoms with Crippen molar-refractivity contribution in [2.75, 3.05) is 20.2 Å². The molecule has 0 heterocycles. The predicted octanol–water partition coefficient (Wildman–Crippen LogP) is 2.90. The van der Waals surface area contributed by atoms with Gasteiger partial charge in [-0.25, -0.2) is 0 Å². The zero-order valence-corrected chi connectivity index (χ0v) is 11.4. The van der Waals surface area contributed by atoms with Gasteiger partial charge in [-0.3, -0.25) is 4.90 Å². The molecule has 96 valence electrons. The molecule has 0 fully saturated rings. The molecule has 0 amide bonds. The summed E-state index contributed by atoms with van der Waals surface area (Å²) < 4.78 is 5.25. The SMILES string of the molecule is CCN(Cc1cc(O)ccc1Cl)CC(C)OC. The zero-order chi connectivity index (χ0) is 12.8. The zero-order valence-electron chi connectivity index (χ0n) is 10.6. The molecule has 1 aromatic rings. The second-order valence-corrected chi connectivity index (χ2v) is 4.56. The fourth-order valence-corrected chi connectivity index (χ4v) is 1.84. The van der Waals surface area contributed by atoms with Crippen molar-refractivity contribution < 1.29 is 9.84 Å². The lowest BCUT2D eigenvalue weighted by Gasteiger charge is -2.24. The van der Waals surface area contributed by atoms with Gasteiger partial charge in [0.05, 0.1) is 6.10 Å². The van der Waals surface area contributed by atoms with Gasteiger partial charge < -0.3 is 9.84 Å². The summed E-state index contributed by atoms with van der Waals surface area (Å²) in [4.78, 5) is 2.23. The summed E-state index contributed by atoms with van der Waals surface area (Å²) in [5.41, 5.74) is 0.941. The monoisotopic (exact) mass is 257 g/mol. The van der Waals surface area contributed by atoms with E-state index in [0.717, 1.165) is 25.2 Å². The van der Waals surface area contributed by atoms with E-state index in [4.69, 9.17) is 16.3 Å². The molecule has 1 rings (SSSR count). The number of methoxy groups -OCH3 is 1. The number of likely N-dealkylation sites (N-methyl/N-ethyl adjacent to an activating group) is 1. The Morgan fingerprint density at radius 3 is 2.76 bits per heavy atom. The Morgan fingerprint density at radius 2 is 2.18 bits per heavy atom. The summed E-state index contributed by atoms with van der Waals surface area (Å²) in [7, 11) is 1.71. The van der Waals surface area contributed by atoms with Crippen LogP contribution in [0, 0.1) is 0 Å². The van der Waals surface area contributed by atoms with Gasteiger partial charge in [0.1, 0.15) is 5.75 Å². The van der Waals surface area contributed by atoms with E-state index in [1.807, 2.05) is 6.92 Å². The molecule has 4 heteroatoms. The van der Waals surface area contributed by atoms with Crippen LogP contribution in [-0.2, 0) is 11.3 Å². The molecule has 0 radical (unpaired) electrons. The number of phenolic OH excluding ortho intramolecular Hbond substituents is 1. The quantitative estimate of drug-likeness (QED) is 0.851. The van der Waals surface area contributed by atoms with E-state index in [-0.39, 0.29) is 11.9 Å². The van der Waals surface area contributed by atoms with Gasteiger partial charge in [-0.1, -0.05) is 18.5 Å². The molecule has 0 aliphatic heterocycles. The fourth-order valence-electron chi connectivity index (χ4n) is 1.67. The van der Waals surface area contributed by atoms with E-state index in [0.29, 0.717) is 5.02 Å². The minimum Gasteiger partial charge on any atom is -0.508 e. The molecule has 0 aromatic heterocycles. The van der Waals surface area contributed by atoms with Gasteiger partial charge in [0.25, 0.3) is 0 Å². The lowest BCUT2D eigenvalue weighted by atomic mass is 10.2. The van der Waals surface area contributed by atoms with Crippen molar-refractivity contribution in [2.24, 2.45) is 0 Å². The molecule has 1 atom stereocenters. The van der Waals surface area contributed by atoms with E-state index >= 15 is 0 Å². The number of hydrogen-bond donors (Lipinski definition) is 1. The van der Waals surface area contributed by atoms with Gasteiger partial charge >= 0.3 is 0 Å². The third-order valence-electron chi connectivity index (χ3n) is 2.79. The van der Waals surface area contributed by atoms with Gasteiger partial charge in [0.2, 0.25) is 0 Å². The van der Waals surface area contributed by atoms with Crippen molar-refractivity contribution in [3.63, 3.8) is 0 Å². The van der Waals surface area contributed by atoms with Crippen LogP contribution in [0.5, 0.6) is 5.75 Å². The number of rotatable bonds is 6. The Balaban J connectivity index is 2.69. The average Bonchev–Trinajstić information content (AvgIpc) is 2.32. The van der Waals surface area contributed by atoms with Crippen molar-refractivity contribution in [2.45, 2.75) is 26.5 Å². The first-order valence-electron chi connectivity index (χ1n) is 5.79. The molecule has 3 nitrogen and oxygen atoms in total. The molecule has 0 saturated carbocycles. The number of phenols is 1. The molecule has 0 bridgehead atoms. The third kappa shape index (κ3) is 4.54. The number of aromatic hydroxyl groups is 1. The molecular formula is C13H20ClNO2. The smallest absolute Gasteiger partial charge is 0.116 e. The number of halogens is 1. The number of nitrogens with zero attached hydrogens (tertiary/aromatic N) is 1. The second-order valence-electron chi connectivity index (χ2n) is 4.15. The van der Waals surface area contributed by atoms with E-state index in [2.05, 4.69) is 11.8 Å². The van der Waals surface area contributed by atoms with Crippen molar-refractivity contribution in [1.82, 2.24) is 4.90 Å². The molecule has 1 unspecified atom stereocenters. The standard InChI is InChI=1S/C13H20ClNO2/c1-4-15(8-10(2)17-3)9-11-7-12(16)5-6-13(11)14/h5-7,10,16H,4,8-9H2,1-3H3. The van der Waals surface area contributed by atoms with Crippen LogP contribution in [0.15, 0.2) is 18.2 Å². The number of hydrogen-bond acceptors (Lipinski definition) is 3. The Bertz CT molecular complexity index is 357. The van der Waals surface area contributed by atoms with E-state index in [9.17, 15) is 5.11 Å². The maximum atomic E-state index is 9.45. The van der Waals surface area contributed by atoms with Crippen LogP contribution < -0.4 is 0 Å². The first-order chi connectivity index (χ1) is 8.06. The van der Waals surface area contributed by atoms with Crippen LogP contribution in [0.4, 0.5) is 0 Å². The molecular weight excluding hydrogens is 238 g/mol. The van der Waals surface area contributed by atoms with Crippen molar-refractivity contribution in [1.29, 1.82) is 0 Å². The second kappa shape index (κ2) is 6.84. The fraction of sp³-hybridized carbons (Fsp3) is 0.538. The van der Waals surface area contributed by atoms with Crippen LogP contribution in [0.25, 0.3) is 0 Å². The highest BCUT2D eigenvalue weighted by molar-refractivity contribution is 6.31. The Hall–Kier alpha value is -0.770. The molecule has 0 spiro atoms. The predicted molar refractivity (Wildman–Crippen MR) is 70.5 cm³/mol. The Morgan fingerprint density at radius 1 is 1.47 bits per heavy atom. The lowest BCUT2D eigenvalue weighted by Crippen LogP contribution is -2.31. The van der Waals surface area contributed by atoms with E-state index < -0.39 is 0 Å². The summed E-state index contributed by atoms with van der Waals surface area (Å²) in [6.45, 7) is 6.61. The summed E-state index contributed by atoms with van der Waals surface area (Å²) in [5.74, 6) is 0.250. The van der Waals surface area contributed by atoms with Gasteiger partial charge in [-0.2, -0.15) is 0 Å². The topological polar surface area (TPSA) is 32.7 Å². The van der Waals surface area contributed by atoms with Crippen molar-refractivity contribution in [3.8, 4) is 5.75 Å². The Labute approximate surface area is 108 Å². The van der Waals surface area contributed by atoms with Crippen LogP contribution in [0.1, 0.15) is 19.4 Å². The minimum atomic E-state index is 0.186. The lowest BCUT2D eigenvalue weighted by molar-refractivity contribution is 0.0763.